The van der Waals surface area contributed by atoms with Gasteiger partial charge in [-0.05, 0) is 18.1 Å². The fourth-order valence-corrected chi connectivity index (χ4v) is 1.89. The van der Waals surface area contributed by atoms with Crippen molar-refractivity contribution >= 4 is 15.9 Å². The third-order valence-corrected chi connectivity index (χ3v) is 2.48. The van der Waals surface area contributed by atoms with Gasteiger partial charge in [0, 0.05) is 10.0 Å². The van der Waals surface area contributed by atoms with Gasteiger partial charge in [-0.25, -0.2) is 0 Å². The lowest BCUT2D eigenvalue weighted by atomic mass is 9.97. The molecule has 1 rings (SSSR count). The van der Waals surface area contributed by atoms with E-state index in [-0.39, 0.29) is 5.92 Å². The van der Waals surface area contributed by atoms with E-state index in [1.54, 1.807) is 7.11 Å². The van der Waals surface area contributed by atoms with E-state index in [1.165, 1.54) is 0 Å². The summed E-state index contributed by atoms with van der Waals surface area (Å²) >= 11 is 3.35. The Labute approximate surface area is 92.6 Å². The van der Waals surface area contributed by atoms with E-state index in [0.717, 1.165) is 15.8 Å². The first-order chi connectivity index (χ1) is 6.60. The van der Waals surface area contributed by atoms with E-state index in [1.807, 2.05) is 26.0 Å². The summed E-state index contributed by atoms with van der Waals surface area (Å²) < 4.78 is 6.12. The van der Waals surface area contributed by atoms with Gasteiger partial charge in [-0.15, -0.1) is 0 Å². The van der Waals surface area contributed by atoms with Crippen LogP contribution in [0.5, 0.6) is 5.75 Å². The van der Waals surface area contributed by atoms with Crippen molar-refractivity contribution in [2.24, 2.45) is 0 Å². The van der Waals surface area contributed by atoms with Crippen LogP contribution in [0.4, 0.5) is 0 Å². The second-order valence-electron chi connectivity index (χ2n) is 3.34. The number of methoxy groups -OCH3 is 1. The van der Waals surface area contributed by atoms with Crippen LogP contribution in [0.1, 0.15) is 30.9 Å². The molecule has 0 saturated carbocycles. The van der Waals surface area contributed by atoms with Crippen LogP contribution in [0.2, 0.25) is 0 Å². The normalized spacial score (nSPS) is 10.0. The van der Waals surface area contributed by atoms with Crippen molar-refractivity contribution in [3.63, 3.8) is 0 Å². The van der Waals surface area contributed by atoms with Gasteiger partial charge in [0.05, 0.1) is 18.7 Å². The lowest BCUT2D eigenvalue weighted by Gasteiger charge is -2.13. The molecule has 14 heavy (non-hydrogen) atoms. The second-order valence-corrected chi connectivity index (χ2v) is 4.25. The largest absolute Gasteiger partial charge is 0.496 e. The van der Waals surface area contributed by atoms with Gasteiger partial charge < -0.3 is 4.74 Å². The SMILES string of the molecule is COc1cc(Br)cc(C#N)c1C(C)C. The maximum Gasteiger partial charge on any atom is 0.124 e. The zero-order valence-electron chi connectivity index (χ0n) is 8.47. The lowest BCUT2D eigenvalue weighted by molar-refractivity contribution is 0.407. The number of rotatable bonds is 2. The van der Waals surface area contributed by atoms with Crippen molar-refractivity contribution in [3.8, 4) is 11.8 Å². The van der Waals surface area contributed by atoms with Crippen LogP contribution in [0.15, 0.2) is 16.6 Å². The summed E-state index contributed by atoms with van der Waals surface area (Å²) in [6, 6.07) is 5.88. The average Bonchev–Trinajstić information content (AvgIpc) is 2.15. The predicted molar refractivity (Wildman–Crippen MR) is 59.5 cm³/mol. The van der Waals surface area contributed by atoms with E-state index in [4.69, 9.17) is 10.00 Å². The molecule has 0 aromatic heterocycles. The number of hydrogen-bond donors (Lipinski definition) is 0. The van der Waals surface area contributed by atoms with Crippen molar-refractivity contribution in [2.45, 2.75) is 19.8 Å². The number of nitrogens with zero attached hydrogens (tertiary/aromatic N) is 1. The van der Waals surface area contributed by atoms with Crippen molar-refractivity contribution in [3.05, 3.63) is 27.7 Å². The fraction of sp³-hybridized carbons (Fsp3) is 0.364. The molecule has 0 spiro atoms. The van der Waals surface area contributed by atoms with Gasteiger partial charge in [-0.2, -0.15) is 5.26 Å². The molecule has 0 aliphatic rings. The molecule has 0 saturated heterocycles. The molecule has 0 atom stereocenters. The molecule has 0 aliphatic carbocycles. The minimum absolute atomic E-state index is 0.285. The summed E-state index contributed by atoms with van der Waals surface area (Å²) in [7, 11) is 1.62. The van der Waals surface area contributed by atoms with Crippen LogP contribution in [0.25, 0.3) is 0 Å². The number of ether oxygens (including phenoxy) is 1. The Kier molecular flexibility index (Phi) is 3.54. The average molecular weight is 254 g/mol. The van der Waals surface area contributed by atoms with Gasteiger partial charge >= 0.3 is 0 Å². The fourth-order valence-electron chi connectivity index (χ4n) is 1.45. The van der Waals surface area contributed by atoms with Gasteiger partial charge in [0.1, 0.15) is 5.75 Å². The first-order valence-electron chi connectivity index (χ1n) is 4.37. The standard InChI is InChI=1S/C11H12BrNO/c1-7(2)11-8(6-13)4-9(12)5-10(11)14-3/h4-5,7H,1-3H3. The van der Waals surface area contributed by atoms with Crippen LogP contribution < -0.4 is 4.74 Å². The molecule has 74 valence electrons. The minimum atomic E-state index is 0.285. The predicted octanol–water partition coefficient (Wildman–Crippen LogP) is 3.45. The Bertz CT molecular complexity index is 380. The Hall–Kier alpha value is -1.01. The summed E-state index contributed by atoms with van der Waals surface area (Å²) in [5.41, 5.74) is 1.64. The maximum atomic E-state index is 8.99. The van der Waals surface area contributed by atoms with Gasteiger partial charge in [-0.1, -0.05) is 29.8 Å². The maximum absolute atomic E-state index is 8.99. The third kappa shape index (κ3) is 2.08. The quantitative estimate of drug-likeness (QED) is 0.809. The van der Waals surface area contributed by atoms with Crippen molar-refractivity contribution in [1.82, 2.24) is 0 Å². The highest BCUT2D eigenvalue weighted by atomic mass is 79.9. The molecular formula is C11H12BrNO. The molecule has 0 fully saturated rings. The molecule has 0 amide bonds. The highest BCUT2D eigenvalue weighted by molar-refractivity contribution is 9.10. The van der Waals surface area contributed by atoms with Gasteiger partial charge in [-0.3, -0.25) is 0 Å². The number of hydrogen-bond acceptors (Lipinski definition) is 2. The monoisotopic (exact) mass is 253 g/mol. The molecule has 0 bridgehead atoms. The molecule has 2 nitrogen and oxygen atoms in total. The lowest BCUT2D eigenvalue weighted by Crippen LogP contribution is -1.98. The summed E-state index contributed by atoms with van der Waals surface area (Å²) in [5, 5.41) is 8.99. The van der Waals surface area contributed by atoms with Gasteiger partial charge in [0.25, 0.3) is 0 Å². The third-order valence-electron chi connectivity index (χ3n) is 2.02. The van der Waals surface area contributed by atoms with E-state index < -0.39 is 0 Å². The topological polar surface area (TPSA) is 33.0 Å². The van der Waals surface area contributed by atoms with Crippen LogP contribution in [0, 0.1) is 11.3 Å². The minimum Gasteiger partial charge on any atom is -0.496 e. The van der Waals surface area contributed by atoms with Gasteiger partial charge in [0.15, 0.2) is 0 Å². The second kappa shape index (κ2) is 4.47. The van der Waals surface area contributed by atoms with E-state index >= 15 is 0 Å². The first-order valence-corrected chi connectivity index (χ1v) is 5.17. The highest BCUT2D eigenvalue weighted by Gasteiger charge is 2.13. The van der Waals surface area contributed by atoms with E-state index in [0.29, 0.717) is 5.56 Å². The number of halogens is 1. The Morgan fingerprint density at radius 3 is 2.50 bits per heavy atom. The molecule has 1 aromatic carbocycles. The number of nitriles is 1. The van der Waals surface area contributed by atoms with Crippen LogP contribution >= 0.6 is 15.9 Å². The molecule has 0 unspecified atom stereocenters. The summed E-state index contributed by atoms with van der Waals surface area (Å²) in [6.07, 6.45) is 0. The van der Waals surface area contributed by atoms with E-state index in [2.05, 4.69) is 22.0 Å². The number of benzene rings is 1. The van der Waals surface area contributed by atoms with Crippen LogP contribution in [0.3, 0.4) is 0 Å². The smallest absolute Gasteiger partial charge is 0.124 e. The van der Waals surface area contributed by atoms with E-state index in [9.17, 15) is 0 Å². The molecule has 0 N–H and O–H groups in total. The first kappa shape index (κ1) is 11.1. The van der Waals surface area contributed by atoms with Gasteiger partial charge in [0.2, 0.25) is 0 Å². The zero-order valence-corrected chi connectivity index (χ0v) is 10.1. The zero-order chi connectivity index (χ0) is 10.7. The van der Waals surface area contributed by atoms with Crippen LogP contribution in [-0.4, -0.2) is 7.11 Å². The summed E-state index contributed by atoms with van der Waals surface area (Å²) in [5.74, 6) is 1.05. The molecule has 3 heteroatoms. The summed E-state index contributed by atoms with van der Waals surface area (Å²) in [6.45, 7) is 4.10. The van der Waals surface area contributed by atoms with Crippen molar-refractivity contribution in [1.29, 1.82) is 5.26 Å². The Morgan fingerprint density at radius 1 is 1.43 bits per heavy atom. The van der Waals surface area contributed by atoms with Crippen LogP contribution in [-0.2, 0) is 0 Å². The van der Waals surface area contributed by atoms with Crippen molar-refractivity contribution < 1.29 is 4.74 Å². The Balaban J connectivity index is 3.42. The highest BCUT2D eigenvalue weighted by Crippen LogP contribution is 2.32. The summed E-state index contributed by atoms with van der Waals surface area (Å²) in [4.78, 5) is 0. The van der Waals surface area contributed by atoms with Crippen molar-refractivity contribution in [2.75, 3.05) is 7.11 Å². The molecule has 0 heterocycles. The molecule has 0 radical (unpaired) electrons. The molecule has 1 aromatic rings. The molecule has 0 aliphatic heterocycles. The Morgan fingerprint density at radius 2 is 2.07 bits per heavy atom. The molecular weight excluding hydrogens is 242 g/mol.